The van der Waals surface area contributed by atoms with Crippen LogP contribution in [-0.2, 0) is 13.0 Å². The van der Waals surface area contributed by atoms with E-state index in [-0.39, 0.29) is 0 Å². The SMILES string of the molecule is CCCn1ncnc1CC(CC1=CCCCC1)NC. The highest BCUT2D eigenvalue weighted by Gasteiger charge is 2.15. The lowest BCUT2D eigenvalue weighted by Crippen LogP contribution is -2.29. The van der Waals surface area contributed by atoms with Gasteiger partial charge in [0.05, 0.1) is 0 Å². The molecule has 106 valence electrons. The van der Waals surface area contributed by atoms with E-state index in [4.69, 9.17) is 0 Å². The van der Waals surface area contributed by atoms with Gasteiger partial charge in [0.2, 0.25) is 0 Å². The lowest BCUT2D eigenvalue weighted by atomic mass is 9.93. The Bertz CT molecular complexity index is 408. The lowest BCUT2D eigenvalue weighted by Gasteiger charge is -2.20. The Morgan fingerprint density at radius 1 is 1.37 bits per heavy atom. The van der Waals surface area contributed by atoms with E-state index in [0.717, 1.165) is 31.6 Å². The van der Waals surface area contributed by atoms with Gasteiger partial charge in [-0.05, 0) is 45.6 Å². The van der Waals surface area contributed by atoms with Gasteiger partial charge in [0, 0.05) is 19.0 Å². The highest BCUT2D eigenvalue weighted by atomic mass is 15.3. The van der Waals surface area contributed by atoms with Crippen LogP contribution in [0.3, 0.4) is 0 Å². The number of nitrogens with zero attached hydrogens (tertiary/aromatic N) is 3. The van der Waals surface area contributed by atoms with E-state index < -0.39 is 0 Å². The molecular formula is C15H26N4. The van der Waals surface area contributed by atoms with E-state index >= 15 is 0 Å². The first kappa shape index (κ1) is 14.3. The number of nitrogens with one attached hydrogen (secondary N) is 1. The molecule has 1 aliphatic carbocycles. The minimum absolute atomic E-state index is 0.476. The summed E-state index contributed by atoms with van der Waals surface area (Å²) in [5, 5.41) is 7.74. The van der Waals surface area contributed by atoms with Crippen LogP contribution in [0.4, 0.5) is 0 Å². The zero-order valence-electron chi connectivity index (χ0n) is 12.2. The maximum absolute atomic E-state index is 4.41. The first-order valence-corrected chi connectivity index (χ1v) is 7.55. The third kappa shape index (κ3) is 4.16. The summed E-state index contributed by atoms with van der Waals surface area (Å²) in [6.45, 7) is 3.14. The van der Waals surface area contributed by atoms with Gasteiger partial charge < -0.3 is 5.32 Å². The highest BCUT2D eigenvalue weighted by Crippen LogP contribution is 2.22. The van der Waals surface area contributed by atoms with Crippen LogP contribution in [0.5, 0.6) is 0 Å². The first-order chi connectivity index (χ1) is 9.33. The van der Waals surface area contributed by atoms with Crippen LogP contribution in [-0.4, -0.2) is 27.9 Å². The van der Waals surface area contributed by atoms with Crippen LogP contribution in [0.15, 0.2) is 18.0 Å². The van der Waals surface area contributed by atoms with E-state index in [2.05, 4.69) is 35.4 Å². The molecule has 0 saturated carbocycles. The Morgan fingerprint density at radius 3 is 2.95 bits per heavy atom. The summed E-state index contributed by atoms with van der Waals surface area (Å²) in [6, 6.07) is 0.476. The summed E-state index contributed by atoms with van der Waals surface area (Å²) >= 11 is 0. The maximum atomic E-state index is 4.41. The zero-order chi connectivity index (χ0) is 13.5. The molecule has 0 amide bonds. The number of aromatic nitrogens is 3. The smallest absolute Gasteiger partial charge is 0.138 e. The van der Waals surface area contributed by atoms with Gasteiger partial charge in [-0.25, -0.2) is 4.98 Å². The van der Waals surface area contributed by atoms with Crippen LogP contribution in [0.25, 0.3) is 0 Å². The van der Waals surface area contributed by atoms with Crippen molar-refractivity contribution in [3.8, 4) is 0 Å². The Labute approximate surface area is 116 Å². The monoisotopic (exact) mass is 262 g/mol. The van der Waals surface area contributed by atoms with Gasteiger partial charge in [-0.2, -0.15) is 5.10 Å². The van der Waals surface area contributed by atoms with E-state index in [9.17, 15) is 0 Å². The van der Waals surface area contributed by atoms with E-state index in [1.807, 2.05) is 4.68 Å². The summed E-state index contributed by atoms with van der Waals surface area (Å²) in [5.41, 5.74) is 1.62. The topological polar surface area (TPSA) is 42.7 Å². The second-order valence-corrected chi connectivity index (χ2v) is 5.40. The van der Waals surface area contributed by atoms with Crippen molar-refractivity contribution < 1.29 is 0 Å². The van der Waals surface area contributed by atoms with Crippen molar-refractivity contribution in [3.05, 3.63) is 23.8 Å². The summed E-state index contributed by atoms with van der Waals surface area (Å²) < 4.78 is 2.04. The molecule has 2 rings (SSSR count). The highest BCUT2D eigenvalue weighted by molar-refractivity contribution is 5.08. The van der Waals surface area contributed by atoms with Crippen LogP contribution < -0.4 is 5.32 Å². The van der Waals surface area contributed by atoms with E-state index in [0.29, 0.717) is 6.04 Å². The predicted octanol–water partition coefficient (Wildman–Crippen LogP) is 2.71. The number of aryl methyl sites for hydroxylation is 1. The molecule has 0 spiro atoms. The van der Waals surface area contributed by atoms with Crippen molar-refractivity contribution in [3.63, 3.8) is 0 Å². The van der Waals surface area contributed by atoms with Gasteiger partial charge >= 0.3 is 0 Å². The molecule has 19 heavy (non-hydrogen) atoms. The van der Waals surface area contributed by atoms with Gasteiger partial charge in [-0.3, -0.25) is 4.68 Å². The molecule has 0 aromatic carbocycles. The van der Waals surface area contributed by atoms with Crippen molar-refractivity contribution >= 4 is 0 Å². The molecule has 4 nitrogen and oxygen atoms in total. The first-order valence-electron chi connectivity index (χ1n) is 7.55. The van der Waals surface area contributed by atoms with Crippen molar-refractivity contribution in [2.24, 2.45) is 0 Å². The lowest BCUT2D eigenvalue weighted by molar-refractivity contribution is 0.491. The molecule has 1 aromatic rings. The van der Waals surface area contributed by atoms with Crippen molar-refractivity contribution in [1.29, 1.82) is 0 Å². The zero-order valence-corrected chi connectivity index (χ0v) is 12.2. The molecule has 0 saturated heterocycles. The van der Waals surface area contributed by atoms with Crippen LogP contribution in [0, 0.1) is 0 Å². The number of hydrogen-bond acceptors (Lipinski definition) is 3. The van der Waals surface area contributed by atoms with Gasteiger partial charge in [-0.15, -0.1) is 0 Å². The normalized spacial score (nSPS) is 17.3. The average molecular weight is 262 g/mol. The summed E-state index contributed by atoms with van der Waals surface area (Å²) in [6.07, 6.45) is 12.6. The predicted molar refractivity (Wildman–Crippen MR) is 78.0 cm³/mol. The Hall–Kier alpha value is -1.16. The molecule has 1 heterocycles. The molecule has 0 aliphatic heterocycles. The van der Waals surface area contributed by atoms with Crippen molar-refractivity contribution in [2.75, 3.05) is 7.05 Å². The third-order valence-electron chi connectivity index (χ3n) is 3.86. The Morgan fingerprint density at radius 2 is 2.26 bits per heavy atom. The molecular weight excluding hydrogens is 236 g/mol. The molecule has 0 bridgehead atoms. The minimum atomic E-state index is 0.476. The molecule has 1 N–H and O–H groups in total. The maximum Gasteiger partial charge on any atom is 0.138 e. The summed E-state index contributed by atoms with van der Waals surface area (Å²) in [5.74, 6) is 1.11. The molecule has 0 fully saturated rings. The van der Waals surface area contributed by atoms with Crippen LogP contribution >= 0.6 is 0 Å². The summed E-state index contributed by atoms with van der Waals surface area (Å²) in [7, 11) is 2.05. The summed E-state index contributed by atoms with van der Waals surface area (Å²) in [4.78, 5) is 4.41. The second-order valence-electron chi connectivity index (χ2n) is 5.40. The second kappa shape index (κ2) is 7.43. The third-order valence-corrected chi connectivity index (χ3v) is 3.86. The van der Waals surface area contributed by atoms with Gasteiger partial charge in [0.1, 0.15) is 12.2 Å². The fourth-order valence-corrected chi connectivity index (χ4v) is 2.75. The van der Waals surface area contributed by atoms with Gasteiger partial charge in [0.25, 0.3) is 0 Å². The fraction of sp³-hybridized carbons (Fsp3) is 0.733. The molecule has 1 unspecified atom stereocenters. The van der Waals surface area contributed by atoms with Crippen molar-refractivity contribution in [2.45, 2.75) is 64.5 Å². The van der Waals surface area contributed by atoms with Gasteiger partial charge in [-0.1, -0.05) is 18.6 Å². The fourth-order valence-electron chi connectivity index (χ4n) is 2.75. The molecule has 1 aromatic heterocycles. The molecule has 0 radical (unpaired) electrons. The molecule has 4 heteroatoms. The van der Waals surface area contributed by atoms with Crippen LogP contribution in [0.2, 0.25) is 0 Å². The average Bonchev–Trinajstić information content (AvgIpc) is 2.87. The Kier molecular flexibility index (Phi) is 5.58. The number of hydrogen-bond donors (Lipinski definition) is 1. The standard InChI is InChI=1S/C15H26N4/c1-3-9-19-15(17-12-18-19)11-14(16-2)10-13-7-5-4-6-8-13/h7,12,14,16H,3-6,8-11H2,1-2H3. The van der Waals surface area contributed by atoms with Gasteiger partial charge in [0.15, 0.2) is 0 Å². The van der Waals surface area contributed by atoms with E-state index in [1.54, 1.807) is 11.9 Å². The number of likely N-dealkylation sites (N-methyl/N-ethyl adjacent to an activating group) is 1. The minimum Gasteiger partial charge on any atom is -0.316 e. The van der Waals surface area contributed by atoms with Crippen LogP contribution in [0.1, 0.15) is 51.3 Å². The largest absolute Gasteiger partial charge is 0.316 e. The quantitative estimate of drug-likeness (QED) is 0.768. The molecule has 1 aliphatic rings. The Balaban J connectivity index is 1.94. The van der Waals surface area contributed by atoms with Crippen molar-refractivity contribution in [1.82, 2.24) is 20.1 Å². The van der Waals surface area contributed by atoms with E-state index in [1.165, 1.54) is 25.7 Å². The number of allylic oxidation sites excluding steroid dienone is 1. The molecule has 1 atom stereocenters. The number of rotatable bonds is 7.